The molecule has 0 bridgehead atoms. The van der Waals surface area contributed by atoms with E-state index < -0.39 is 0 Å². The Kier molecular flexibility index (Phi) is 4.04. The highest BCUT2D eigenvalue weighted by Crippen LogP contribution is 2.35. The van der Waals surface area contributed by atoms with Crippen LogP contribution in [0.4, 0.5) is 11.5 Å². The SMILES string of the molecule is Cc1nc(N)c2c(c1N=C(c1ccccc1)c1ccccc1)COC2. The molecular weight excluding hydrogens is 310 g/mol. The minimum atomic E-state index is 0.503. The van der Waals surface area contributed by atoms with Crippen LogP contribution >= 0.6 is 0 Å². The average Bonchev–Trinajstić information content (AvgIpc) is 3.13. The standard InChI is InChI=1S/C21H19N3O/c1-14-19(17-12-25-13-18(17)21(22)23-14)24-20(15-8-4-2-5-9-15)16-10-6-3-7-11-16/h2-11H,12-13H2,1H3,(H2,22,23). The second kappa shape index (κ2) is 6.49. The molecule has 4 nitrogen and oxygen atoms in total. The number of hydrogen-bond donors (Lipinski definition) is 1. The Morgan fingerprint density at radius 3 is 2.08 bits per heavy atom. The summed E-state index contributed by atoms with van der Waals surface area (Å²) in [6.07, 6.45) is 0. The number of nitrogens with zero attached hydrogens (tertiary/aromatic N) is 2. The molecule has 25 heavy (non-hydrogen) atoms. The van der Waals surface area contributed by atoms with Gasteiger partial charge in [-0.1, -0.05) is 60.7 Å². The largest absolute Gasteiger partial charge is 0.383 e. The summed E-state index contributed by atoms with van der Waals surface area (Å²) in [4.78, 5) is 9.51. The fraction of sp³-hybridized carbons (Fsp3) is 0.143. The number of nitrogen functional groups attached to an aromatic ring is 1. The van der Waals surface area contributed by atoms with Gasteiger partial charge >= 0.3 is 0 Å². The number of fused-ring (bicyclic) bond motifs is 1. The van der Waals surface area contributed by atoms with E-state index in [0.29, 0.717) is 19.0 Å². The molecule has 1 aliphatic rings. The van der Waals surface area contributed by atoms with E-state index in [-0.39, 0.29) is 0 Å². The van der Waals surface area contributed by atoms with Crippen LogP contribution in [0, 0.1) is 6.92 Å². The number of rotatable bonds is 3. The first-order valence-electron chi connectivity index (χ1n) is 8.29. The van der Waals surface area contributed by atoms with Crippen molar-refractivity contribution in [2.75, 3.05) is 5.73 Å². The van der Waals surface area contributed by atoms with Gasteiger partial charge in [0.05, 0.1) is 30.3 Å². The molecule has 0 saturated carbocycles. The molecule has 0 fully saturated rings. The van der Waals surface area contributed by atoms with E-state index in [2.05, 4.69) is 29.2 Å². The Balaban J connectivity index is 1.94. The van der Waals surface area contributed by atoms with E-state index >= 15 is 0 Å². The molecule has 2 aromatic carbocycles. The molecule has 0 atom stereocenters. The van der Waals surface area contributed by atoms with Crippen LogP contribution in [0.25, 0.3) is 0 Å². The number of ether oxygens (including phenoxy) is 1. The molecule has 3 aromatic rings. The average molecular weight is 329 g/mol. The molecule has 0 radical (unpaired) electrons. The molecule has 4 rings (SSSR count). The third-order valence-electron chi connectivity index (χ3n) is 4.40. The van der Waals surface area contributed by atoms with Crippen molar-refractivity contribution < 1.29 is 4.74 Å². The van der Waals surface area contributed by atoms with E-state index in [1.165, 1.54) is 0 Å². The number of aryl methyl sites for hydroxylation is 1. The van der Waals surface area contributed by atoms with E-state index in [9.17, 15) is 0 Å². The zero-order valence-corrected chi connectivity index (χ0v) is 14.1. The number of nitrogens with two attached hydrogens (primary N) is 1. The third kappa shape index (κ3) is 2.92. The highest BCUT2D eigenvalue weighted by molar-refractivity contribution is 6.14. The molecule has 0 unspecified atom stereocenters. The minimum Gasteiger partial charge on any atom is -0.383 e. The lowest BCUT2D eigenvalue weighted by Gasteiger charge is -2.12. The van der Waals surface area contributed by atoms with E-state index in [4.69, 9.17) is 15.5 Å². The maximum atomic E-state index is 6.06. The van der Waals surface area contributed by atoms with E-state index in [1.807, 2.05) is 43.3 Å². The van der Waals surface area contributed by atoms with E-state index in [1.54, 1.807) is 0 Å². The summed E-state index contributed by atoms with van der Waals surface area (Å²) in [6.45, 7) is 2.98. The first kappa shape index (κ1) is 15.5. The first-order valence-corrected chi connectivity index (χ1v) is 8.29. The van der Waals surface area contributed by atoms with Crippen LogP contribution in [0.1, 0.15) is 27.9 Å². The van der Waals surface area contributed by atoms with E-state index in [0.717, 1.165) is 39.3 Å². The number of aromatic nitrogens is 1. The maximum absolute atomic E-state index is 6.06. The van der Waals surface area contributed by atoms with Crippen molar-refractivity contribution in [3.05, 3.63) is 88.6 Å². The summed E-state index contributed by atoms with van der Waals surface area (Å²) in [7, 11) is 0. The molecular formula is C21H19N3O. The Labute approximate surface area is 147 Å². The molecule has 0 aliphatic carbocycles. The van der Waals surface area contributed by atoms with Gasteiger partial charge < -0.3 is 10.5 Å². The fourth-order valence-corrected chi connectivity index (χ4v) is 3.14. The Morgan fingerprint density at radius 2 is 1.48 bits per heavy atom. The van der Waals surface area contributed by atoms with Crippen LogP contribution in [-0.2, 0) is 18.0 Å². The van der Waals surface area contributed by atoms with Crippen molar-refractivity contribution in [1.29, 1.82) is 0 Å². The molecule has 1 aromatic heterocycles. The van der Waals surface area contributed by atoms with Crippen molar-refractivity contribution >= 4 is 17.2 Å². The summed E-state index contributed by atoms with van der Waals surface area (Å²) in [5.74, 6) is 0.546. The molecule has 4 heteroatoms. The van der Waals surface area contributed by atoms with Gasteiger partial charge in [-0.2, -0.15) is 0 Å². The summed E-state index contributed by atoms with van der Waals surface area (Å²) >= 11 is 0. The smallest absolute Gasteiger partial charge is 0.129 e. The molecule has 0 spiro atoms. The highest BCUT2D eigenvalue weighted by atomic mass is 16.5. The van der Waals surface area contributed by atoms with Gasteiger partial charge in [0.1, 0.15) is 5.82 Å². The Morgan fingerprint density at radius 1 is 0.920 bits per heavy atom. The maximum Gasteiger partial charge on any atom is 0.129 e. The van der Waals surface area contributed by atoms with Gasteiger partial charge in [0.15, 0.2) is 0 Å². The number of anilines is 1. The first-order chi connectivity index (χ1) is 12.2. The van der Waals surface area contributed by atoms with Crippen LogP contribution in [0.5, 0.6) is 0 Å². The molecule has 124 valence electrons. The lowest BCUT2D eigenvalue weighted by atomic mass is 10.0. The lowest BCUT2D eigenvalue weighted by molar-refractivity contribution is 0.135. The quantitative estimate of drug-likeness (QED) is 0.734. The van der Waals surface area contributed by atoms with Gasteiger partial charge in [-0.25, -0.2) is 9.98 Å². The van der Waals surface area contributed by atoms with Gasteiger partial charge in [-0.05, 0) is 6.92 Å². The Hall–Kier alpha value is -2.98. The van der Waals surface area contributed by atoms with Crippen LogP contribution in [0.2, 0.25) is 0 Å². The molecule has 2 heterocycles. The van der Waals surface area contributed by atoms with Gasteiger partial charge in [-0.15, -0.1) is 0 Å². The zero-order chi connectivity index (χ0) is 17.2. The monoisotopic (exact) mass is 329 g/mol. The van der Waals surface area contributed by atoms with Crippen LogP contribution in [-0.4, -0.2) is 10.7 Å². The number of pyridine rings is 1. The minimum absolute atomic E-state index is 0.503. The zero-order valence-electron chi connectivity index (χ0n) is 14.1. The van der Waals surface area contributed by atoms with Crippen molar-refractivity contribution in [3.8, 4) is 0 Å². The summed E-state index contributed by atoms with van der Waals surface area (Å²) in [5, 5.41) is 0. The van der Waals surface area contributed by atoms with Crippen LogP contribution < -0.4 is 5.73 Å². The van der Waals surface area contributed by atoms with Gasteiger partial charge in [0.2, 0.25) is 0 Å². The normalized spacial score (nSPS) is 12.7. The van der Waals surface area contributed by atoms with Gasteiger partial charge in [-0.3, -0.25) is 0 Å². The number of aliphatic imine (C=N–C) groups is 1. The summed E-state index contributed by atoms with van der Waals surface area (Å²) in [5.41, 5.74) is 12.8. The second-order valence-corrected chi connectivity index (χ2v) is 6.07. The summed E-state index contributed by atoms with van der Waals surface area (Å²) in [6, 6.07) is 20.4. The number of benzene rings is 2. The molecule has 2 N–H and O–H groups in total. The number of hydrogen-bond acceptors (Lipinski definition) is 4. The van der Waals surface area contributed by atoms with Crippen LogP contribution in [0.3, 0.4) is 0 Å². The fourth-order valence-electron chi connectivity index (χ4n) is 3.14. The molecule has 0 saturated heterocycles. The van der Waals surface area contributed by atoms with Crippen molar-refractivity contribution in [1.82, 2.24) is 4.98 Å². The molecule has 0 amide bonds. The Bertz CT molecular complexity index is 893. The predicted octanol–water partition coefficient (Wildman–Crippen LogP) is 4.17. The van der Waals surface area contributed by atoms with Crippen molar-refractivity contribution in [2.24, 2.45) is 4.99 Å². The van der Waals surface area contributed by atoms with Crippen molar-refractivity contribution in [3.63, 3.8) is 0 Å². The highest BCUT2D eigenvalue weighted by Gasteiger charge is 2.22. The summed E-state index contributed by atoms with van der Waals surface area (Å²) < 4.78 is 5.60. The van der Waals surface area contributed by atoms with Crippen LogP contribution in [0.15, 0.2) is 65.7 Å². The predicted molar refractivity (Wildman–Crippen MR) is 100 cm³/mol. The van der Waals surface area contributed by atoms with Crippen molar-refractivity contribution in [2.45, 2.75) is 20.1 Å². The second-order valence-electron chi connectivity index (χ2n) is 6.07. The van der Waals surface area contributed by atoms with Gasteiger partial charge in [0, 0.05) is 22.3 Å². The van der Waals surface area contributed by atoms with Gasteiger partial charge in [0.25, 0.3) is 0 Å². The topological polar surface area (TPSA) is 60.5 Å². The lowest BCUT2D eigenvalue weighted by Crippen LogP contribution is -2.05. The molecule has 1 aliphatic heterocycles. The third-order valence-corrected chi connectivity index (χ3v) is 4.40.